The van der Waals surface area contributed by atoms with Gasteiger partial charge in [-0.2, -0.15) is 5.10 Å². The summed E-state index contributed by atoms with van der Waals surface area (Å²) in [6.07, 6.45) is 3.39. The van der Waals surface area contributed by atoms with Crippen LogP contribution < -0.4 is 0 Å². The Kier molecular flexibility index (Phi) is 2.45. The molecule has 0 bridgehead atoms. The van der Waals surface area contributed by atoms with Crippen molar-refractivity contribution in [2.75, 3.05) is 0 Å². The van der Waals surface area contributed by atoms with Gasteiger partial charge in [-0.15, -0.1) is 11.3 Å². The van der Waals surface area contributed by atoms with Gasteiger partial charge in [-0.05, 0) is 18.2 Å². The number of carbonyl (C=O) groups excluding carboxylic acids is 1. The lowest BCUT2D eigenvalue weighted by atomic mass is 10.2. The molecule has 0 atom stereocenters. The molecule has 3 heterocycles. The second-order valence-corrected chi connectivity index (χ2v) is 4.42. The van der Waals surface area contributed by atoms with Gasteiger partial charge in [0.05, 0.1) is 22.4 Å². The van der Waals surface area contributed by atoms with E-state index >= 15 is 0 Å². The van der Waals surface area contributed by atoms with Gasteiger partial charge in [-0.3, -0.25) is 4.79 Å². The first kappa shape index (κ1) is 10.2. The van der Waals surface area contributed by atoms with E-state index in [9.17, 15) is 4.79 Å². The lowest BCUT2D eigenvalue weighted by molar-refractivity contribution is 0.112. The molecular weight excluding hydrogens is 234 g/mol. The highest BCUT2D eigenvalue weighted by Crippen LogP contribution is 2.14. The molecule has 0 aliphatic rings. The van der Waals surface area contributed by atoms with Crippen molar-refractivity contribution in [3.8, 4) is 0 Å². The van der Waals surface area contributed by atoms with Gasteiger partial charge >= 0.3 is 0 Å². The lowest BCUT2D eigenvalue weighted by Gasteiger charge is -1.93. The van der Waals surface area contributed by atoms with E-state index in [1.54, 1.807) is 21.9 Å². The van der Waals surface area contributed by atoms with Crippen molar-refractivity contribution in [2.45, 2.75) is 6.42 Å². The van der Waals surface area contributed by atoms with E-state index in [0.29, 0.717) is 12.0 Å². The number of nitrogens with zero attached hydrogens (tertiary/aromatic N) is 3. The van der Waals surface area contributed by atoms with Crippen LogP contribution in [0, 0.1) is 0 Å². The topological polar surface area (TPSA) is 47.3 Å². The highest BCUT2D eigenvalue weighted by Gasteiger charge is 2.06. The Morgan fingerprint density at radius 1 is 1.41 bits per heavy atom. The lowest BCUT2D eigenvalue weighted by Crippen LogP contribution is -1.92. The molecule has 0 saturated carbocycles. The molecule has 0 radical (unpaired) electrons. The highest BCUT2D eigenvalue weighted by atomic mass is 32.1. The highest BCUT2D eigenvalue weighted by molar-refractivity contribution is 7.07. The van der Waals surface area contributed by atoms with Gasteiger partial charge in [0.2, 0.25) is 0 Å². The first-order valence-electron chi connectivity index (χ1n) is 5.16. The summed E-state index contributed by atoms with van der Waals surface area (Å²) in [6.45, 7) is 0. The zero-order valence-corrected chi connectivity index (χ0v) is 9.72. The molecular formula is C12H9N3OS. The average Bonchev–Trinajstić information content (AvgIpc) is 2.97. The van der Waals surface area contributed by atoms with Crippen molar-refractivity contribution >= 4 is 23.1 Å². The minimum Gasteiger partial charge on any atom is -0.298 e. The number of aromatic nitrogens is 3. The number of hydrogen-bond donors (Lipinski definition) is 0. The number of fused-ring (bicyclic) bond motifs is 1. The molecule has 0 saturated heterocycles. The molecule has 3 aromatic heterocycles. The van der Waals surface area contributed by atoms with Crippen molar-refractivity contribution < 1.29 is 4.79 Å². The maximum Gasteiger partial charge on any atom is 0.152 e. The Morgan fingerprint density at radius 2 is 2.35 bits per heavy atom. The zero-order chi connectivity index (χ0) is 11.7. The van der Waals surface area contributed by atoms with Gasteiger partial charge in [0, 0.05) is 23.6 Å². The standard InChI is InChI=1S/C12H9N3OS/c16-6-9-2-1-3-15-12(9)5-10(14-15)4-11-7-17-8-13-11/h1-3,5-8H,4H2. The molecule has 4 nitrogen and oxygen atoms in total. The third-order valence-electron chi connectivity index (χ3n) is 2.56. The normalized spacial score (nSPS) is 10.8. The fourth-order valence-corrected chi connectivity index (χ4v) is 2.34. The van der Waals surface area contributed by atoms with Crippen molar-refractivity contribution in [1.29, 1.82) is 0 Å². The SMILES string of the molecule is O=Cc1cccn2nc(Cc3cscn3)cc12. The molecule has 0 N–H and O–H groups in total. The van der Waals surface area contributed by atoms with Crippen LogP contribution in [0.25, 0.3) is 5.52 Å². The van der Waals surface area contributed by atoms with Gasteiger partial charge < -0.3 is 0 Å². The second kappa shape index (κ2) is 4.10. The molecule has 0 aliphatic heterocycles. The minimum absolute atomic E-state index is 0.657. The van der Waals surface area contributed by atoms with Crippen molar-refractivity contribution in [3.05, 3.63) is 52.2 Å². The molecule has 0 aromatic carbocycles. The van der Waals surface area contributed by atoms with Crippen LogP contribution in [0.1, 0.15) is 21.7 Å². The van der Waals surface area contributed by atoms with Gasteiger partial charge in [-0.25, -0.2) is 9.50 Å². The van der Waals surface area contributed by atoms with Crippen molar-refractivity contribution in [2.24, 2.45) is 0 Å². The summed E-state index contributed by atoms with van der Waals surface area (Å²) in [5.74, 6) is 0. The third-order valence-corrected chi connectivity index (χ3v) is 3.19. The molecule has 0 fully saturated rings. The number of rotatable bonds is 3. The predicted molar refractivity (Wildman–Crippen MR) is 65.5 cm³/mol. The minimum atomic E-state index is 0.657. The number of carbonyl (C=O) groups is 1. The van der Waals surface area contributed by atoms with Crippen LogP contribution in [0.2, 0.25) is 0 Å². The monoisotopic (exact) mass is 243 g/mol. The summed E-state index contributed by atoms with van der Waals surface area (Å²) in [6, 6.07) is 5.54. The van der Waals surface area contributed by atoms with E-state index in [4.69, 9.17) is 0 Å². The van der Waals surface area contributed by atoms with Gasteiger partial charge in [0.15, 0.2) is 6.29 Å². The number of pyridine rings is 1. The maximum atomic E-state index is 10.9. The quantitative estimate of drug-likeness (QED) is 0.662. The van der Waals surface area contributed by atoms with E-state index in [-0.39, 0.29) is 0 Å². The number of hydrogen-bond acceptors (Lipinski definition) is 4. The van der Waals surface area contributed by atoms with Crippen LogP contribution in [0.4, 0.5) is 0 Å². The van der Waals surface area contributed by atoms with E-state index in [2.05, 4.69) is 10.1 Å². The van der Waals surface area contributed by atoms with Crippen LogP contribution >= 0.6 is 11.3 Å². The average molecular weight is 243 g/mol. The van der Waals surface area contributed by atoms with Gasteiger partial charge in [-0.1, -0.05) is 0 Å². The molecule has 17 heavy (non-hydrogen) atoms. The van der Waals surface area contributed by atoms with Crippen LogP contribution in [-0.4, -0.2) is 20.9 Å². The summed E-state index contributed by atoms with van der Waals surface area (Å²) in [5.41, 5.74) is 5.23. The Morgan fingerprint density at radius 3 is 3.12 bits per heavy atom. The van der Waals surface area contributed by atoms with Gasteiger partial charge in [0.1, 0.15) is 0 Å². The summed E-state index contributed by atoms with van der Waals surface area (Å²) in [5, 5.41) is 6.42. The zero-order valence-electron chi connectivity index (χ0n) is 8.91. The maximum absolute atomic E-state index is 10.9. The van der Waals surface area contributed by atoms with E-state index in [1.165, 1.54) is 0 Å². The Labute approximate surface area is 102 Å². The largest absolute Gasteiger partial charge is 0.298 e. The Hall–Kier alpha value is -2.01. The van der Waals surface area contributed by atoms with Crippen molar-refractivity contribution in [3.63, 3.8) is 0 Å². The molecule has 0 spiro atoms. The number of aldehydes is 1. The van der Waals surface area contributed by atoms with Gasteiger partial charge in [0.25, 0.3) is 0 Å². The molecule has 0 aliphatic carbocycles. The molecule has 0 unspecified atom stereocenters. The predicted octanol–water partition coefficient (Wildman–Crippen LogP) is 2.19. The van der Waals surface area contributed by atoms with Crippen molar-refractivity contribution in [1.82, 2.24) is 14.6 Å². The molecule has 84 valence electrons. The molecule has 0 amide bonds. The Bertz CT molecular complexity index is 658. The van der Waals surface area contributed by atoms with E-state index in [1.807, 2.05) is 29.2 Å². The first-order valence-corrected chi connectivity index (χ1v) is 6.10. The van der Waals surface area contributed by atoms with Crippen LogP contribution in [0.15, 0.2) is 35.3 Å². The fraction of sp³-hybridized carbons (Fsp3) is 0.0833. The summed E-state index contributed by atoms with van der Waals surface area (Å²) in [4.78, 5) is 15.1. The van der Waals surface area contributed by atoms with E-state index < -0.39 is 0 Å². The molecule has 5 heteroatoms. The second-order valence-electron chi connectivity index (χ2n) is 3.70. The van der Waals surface area contributed by atoms with Crippen LogP contribution in [0.5, 0.6) is 0 Å². The first-order chi connectivity index (χ1) is 8.36. The summed E-state index contributed by atoms with van der Waals surface area (Å²) < 4.78 is 1.73. The van der Waals surface area contributed by atoms with E-state index in [0.717, 1.165) is 23.2 Å². The molecule has 3 rings (SSSR count). The summed E-state index contributed by atoms with van der Waals surface area (Å²) in [7, 11) is 0. The van der Waals surface area contributed by atoms with Crippen LogP contribution in [-0.2, 0) is 6.42 Å². The number of thiazole rings is 1. The Balaban J connectivity index is 2.04. The van der Waals surface area contributed by atoms with Crippen LogP contribution in [0.3, 0.4) is 0 Å². The molecule has 3 aromatic rings. The fourth-order valence-electron chi connectivity index (χ4n) is 1.78. The smallest absolute Gasteiger partial charge is 0.152 e. The third kappa shape index (κ3) is 1.85. The summed E-state index contributed by atoms with van der Waals surface area (Å²) >= 11 is 1.57.